The van der Waals surface area contributed by atoms with Crippen molar-refractivity contribution in [3.05, 3.63) is 59.1 Å². The normalized spacial score (nSPS) is 12.9. The van der Waals surface area contributed by atoms with E-state index in [1.807, 2.05) is 39.8 Å². The topological polar surface area (TPSA) is 98.0 Å². The summed E-state index contributed by atoms with van der Waals surface area (Å²) in [6.45, 7) is 11.0. The SMILES string of the molecule is CCOC(OCC)(OCC)C(OC)[n+]1c(C)sc2ccccc21.Cc1ccc(S(=O)(=O)[O-])cc1. The number of aromatic nitrogens is 1. The van der Waals surface area contributed by atoms with Gasteiger partial charge in [-0.3, -0.25) is 0 Å². The van der Waals surface area contributed by atoms with Gasteiger partial charge in [0.05, 0.1) is 4.90 Å². The van der Waals surface area contributed by atoms with Crippen LogP contribution in [0.2, 0.25) is 0 Å². The first kappa shape index (κ1) is 28.3. The van der Waals surface area contributed by atoms with Crippen LogP contribution in [0.15, 0.2) is 53.4 Å². The maximum absolute atomic E-state index is 10.4. The monoisotopic (exact) mass is 511 g/mol. The molecule has 10 heteroatoms. The molecule has 0 saturated heterocycles. The van der Waals surface area contributed by atoms with Crippen LogP contribution < -0.4 is 4.57 Å². The first-order valence-corrected chi connectivity index (χ1v) is 13.2. The van der Waals surface area contributed by atoms with Crippen LogP contribution in [-0.4, -0.2) is 45.9 Å². The Morgan fingerprint density at radius 3 is 1.94 bits per heavy atom. The molecule has 188 valence electrons. The standard InChI is InChI=1S/C17H26NO4S.C7H8O3S/c1-6-20-17(21-7-2,22-8-3)16(19-5)18-13(4)23-15-12-10-9-11-14(15)18;1-6-2-4-7(5-3-6)11(8,9)10/h9-12,16H,6-8H2,1-5H3;2-5H,1H3,(H,8,9,10)/q+1;/p-1. The van der Waals surface area contributed by atoms with Crippen molar-refractivity contribution in [2.24, 2.45) is 0 Å². The van der Waals surface area contributed by atoms with Gasteiger partial charge in [-0.1, -0.05) is 41.2 Å². The molecule has 0 aliphatic heterocycles. The van der Waals surface area contributed by atoms with Gasteiger partial charge in [-0.2, -0.15) is 0 Å². The largest absolute Gasteiger partial charge is 0.744 e. The molecule has 2 aromatic carbocycles. The van der Waals surface area contributed by atoms with E-state index in [-0.39, 0.29) is 4.90 Å². The number of nitrogens with zero attached hydrogens (tertiary/aromatic N) is 1. The van der Waals surface area contributed by atoms with E-state index < -0.39 is 22.3 Å². The molecule has 0 bridgehead atoms. The Balaban J connectivity index is 0.000000310. The zero-order chi connectivity index (χ0) is 25.4. The number of hydrogen-bond acceptors (Lipinski definition) is 8. The maximum atomic E-state index is 10.4. The van der Waals surface area contributed by atoms with Crippen molar-refractivity contribution in [3.8, 4) is 0 Å². The van der Waals surface area contributed by atoms with Gasteiger partial charge in [0.2, 0.25) is 10.5 Å². The smallest absolute Gasteiger partial charge is 0.378 e. The number of ether oxygens (including phenoxy) is 4. The van der Waals surface area contributed by atoms with E-state index in [9.17, 15) is 13.0 Å². The van der Waals surface area contributed by atoms with Crippen molar-refractivity contribution >= 4 is 31.7 Å². The Morgan fingerprint density at radius 1 is 0.941 bits per heavy atom. The summed E-state index contributed by atoms with van der Waals surface area (Å²) in [5.74, 6) is -1.27. The fourth-order valence-corrected chi connectivity index (χ4v) is 4.96. The van der Waals surface area contributed by atoms with Crippen LogP contribution in [0.3, 0.4) is 0 Å². The average Bonchev–Trinajstić information content (AvgIpc) is 3.11. The van der Waals surface area contributed by atoms with Gasteiger partial charge in [-0.25, -0.2) is 8.42 Å². The first-order chi connectivity index (χ1) is 16.1. The van der Waals surface area contributed by atoms with Crippen LogP contribution in [0.1, 0.15) is 37.6 Å². The van der Waals surface area contributed by atoms with E-state index in [0.29, 0.717) is 19.8 Å². The number of aryl methyl sites for hydroxylation is 2. The van der Waals surface area contributed by atoms with Crippen LogP contribution in [0, 0.1) is 13.8 Å². The molecule has 0 radical (unpaired) electrons. The van der Waals surface area contributed by atoms with Gasteiger partial charge in [-0.15, -0.1) is 4.57 Å². The van der Waals surface area contributed by atoms with Crippen molar-refractivity contribution in [2.45, 2.75) is 51.7 Å². The molecule has 8 nitrogen and oxygen atoms in total. The zero-order valence-corrected chi connectivity index (χ0v) is 22.1. The number of benzene rings is 2. The molecule has 0 amide bonds. The summed E-state index contributed by atoms with van der Waals surface area (Å²) in [4.78, 5) is -0.178. The molecule has 1 heterocycles. The van der Waals surface area contributed by atoms with Gasteiger partial charge in [-0.05, 0) is 45.9 Å². The van der Waals surface area contributed by atoms with E-state index in [4.69, 9.17) is 18.9 Å². The molecule has 1 aromatic heterocycles. The lowest BCUT2D eigenvalue weighted by Gasteiger charge is -2.33. The van der Waals surface area contributed by atoms with Gasteiger partial charge < -0.3 is 23.5 Å². The van der Waals surface area contributed by atoms with Gasteiger partial charge >= 0.3 is 12.2 Å². The second-order valence-electron chi connectivity index (χ2n) is 7.22. The molecular weight excluding hydrogens is 478 g/mol. The van der Waals surface area contributed by atoms with Gasteiger partial charge in [0.15, 0.2) is 0 Å². The van der Waals surface area contributed by atoms with Gasteiger partial charge in [0.1, 0.15) is 14.8 Å². The lowest BCUT2D eigenvalue weighted by atomic mass is 10.2. The molecule has 34 heavy (non-hydrogen) atoms. The number of para-hydroxylation sites is 1. The summed E-state index contributed by atoms with van der Waals surface area (Å²) in [5.41, 5.74) is 2.00. The Kier molecular flexibility index (Phi) is 10.6. The van der Waals surface area contributed by atoms with Crippen LogP contribution in [-0.2, 0) is 29.1 Å². The summed E-state index contributed by atoms with van der Waals surface area (Å²) in [6.07, 6.45) is -0.543. The van der Waals surface area contributed by atoms with Crippen molar-refractivity contribution in [1.82, 2.24) is 0 Å². The van der Waals surface area contributed by atoms with Crippen LogP contribution in [0.4, 0.5) is 0 Å². The van der Waals surface area contributed by atoms with E-state index in [2.05, 4.69) is 23.6 Å². The van der Waals surface area contributed by atoms with E-state index in [1.54, 1.807) is 30.6 Å². The van der Waals surface area contributed by atoms with Crippen LogP contribution in [0.5, 0.6) is 0 Å². The first-order valence-electron chi connectivity index (χ1n) is 11.0. The number of hydrogen-bond donors (Lipinski definition) is 0. The Hall–Kier alpha value is -1.92. The molecule has 0 aliphatic rings. The van der Waals surface area contributed by atoms with Crippen molar-refractivity contribution in [1.29, 1.82) is 0 Å². The van der Waals surface area contributed by atoms with E-state index in [0.717, 1.165) is 16.1 Å². The fourth-order valence-electron chi connectivity index (χ4n) is 3.47. The highest BCUT2D eigenvalue weighted by Crippen LogP contribution is 2.31. The molecule has 0 spiro atoms. The maximum Gasteiger partial charge on any atom is 0.378 e. The predicted octanol–water partition coefficient (Wildman–Crippen LogP) is 4.30. The minimum Gasteiger partial charge on any atom is -0.744 e. The van der Waals surface area contributed by atoms with Gasteiger partial charge in [0.25, 0.3) is 0 Å². The highest BCUT2D eigenvalue weighted by Gasteiger charge is 2.52. The molecule has 3 rings (SSSR count). The van der Waals surface area contributed by atoms with E-state index in [1.165, 1.54) is 16.8 Å². The molecule has 0 N–H and O–H groups in total. The summed E-state index contributed by atoms with van der Waals surface area (Å²) in [6, 6.07) is 14.0. The Bertz CT molecular complexity index is 1130. The number of rotatable bonds is 10. The molecule has 1 atom stereocenters. The van der Waals surface area contributed by atoms with Crippen molar-refractivity contribution in [3.63, 3.8) is 0 Å². The molecule has 0 aliphatic carbocycles. The lowest BCUT2D eigenvalue weighted by Crippen LogP contribution is -2.59. The minimum atomic E-state index is -4.27. The van der Waals surface area contributed by atoms with Crippen molar-refractivity contribution in [2.75, 3.05) is 26.9 Å². The van der Waals surface area contributed by atoms with Crippen LogP contribution in [0.25, 0.3) is 10.2 Å². The molecule has 1 unspecified atom stereocenters. The third-order valence-corrected chi connectivity index (χ3v) is 6.73. The second-order valence-corrected chi connectivity index (χ2v) is 9.83. The van der Waals surface area contributed by atoms with E-state index >= 15 is 0 Å². The highest BCUT2D eigenvalue weighted by molar-refractivity contribution is 7.85. The number of fused-ring (bicyclic) bond motifs is 1. The quantitative estimate of drug-likeness (QED) is 0.227. The van der Waals surface area contributed by atoms with Crippen molar-refractivity contribution < 1.29 is 36.5 Å². The third-order valence-electron chi connectivity index (χ3n) is 4.83. The van der Waals surface area contributed by atoms with Gasteiger partial charge in [0, 0.05) is 39.9 Å². The summed E-state index contributed by atoms with van der Waals surface area (Å²) < 4.78 is 58.0. The Morgan fingerprint density at radius 2 is 1.47 bits per heavy atom. The minimum absolute atomic E-state index is 0.178. The average molecular weight is 512 g/mol. The Labute approximate surface area is 205 Å². The molecular formula is C24H33NO7S2. The fraction of sp³-hybridized carbons (Fsp3) is 0.458. The lowest BCUT2D eigenvalue weighted by molar-refractivity contribution is -0.782. The summed E-state index contributed by atoms with van der Waals surface area (Å²) in [5, 5.41) is 1.10. The summed E-state index contributed by atoms with van der Waals surface area (Å²) >= 11 is 1.71. The second kappa shape index (κ2) is 12.7. The zero-order valence-electron chi connectivity index (χ0n) is 20.4. The highest BCUT2D eigenvalue weighted by atomic mass is 32.2. The third kappa shape index (κ3) is 6.82. The molecule has 0 fully saturated rings. The molecule has 0 saturated carbocycles. The predicted molar refractivity (Wildman–Crippen MR) is 130 cm³/mol. The summed E-state index contributed by atoms with van der Waals surface area (Å²) in [7, 11) is -2.62. The molecule has 3 aromatic rings. The van der Waals surface area contributed by atoms with Crippen LogP contribution >= 0.6 is 11.3 Å². The number of methoxy groups -OCH3 is 1. The number of thiazole rings is 1.